The van der Waals surface area contributed by atoms with E-state index >= 15 is 0 Å². The van der Waals surface area contributed by atoms with Crippen LogP contribution in [0.25, 0.3) is 4.96 Å². The lowest BCUT2D eigenvalue weighted by atomic mass is 10.2. The van der Waals surface area contributed by atoms with Crippen LogP contribution in [0, 0.1) is 6.92 Å². The smallest absolute Gasteiger partial charge is 0.270 e. The third kappa shape index (κ3) is 3.70. The topological polar surface area (TPSA) is 58.9 Å². The summed E-state index contributed by atoms with van der Waals surface area (Å²) in [6, 6.07) is 8.38. The standard InChI is InChI=1S/C20H24N4O2S/c1-3-17-18(24-13-14(2)27-20(24)22-17)19(25)21-12-15-4-6-16(7-5-15)23-8-10-26-11-9-23/h4-7,13H,3,8-12H2,1-2H3,(H,21,25). The molecular formula is C20H24N4O2S. The average Bonchev–Trinajstić information content (AvgIpc) is 3.22. The molecule has 1 aliphatic heterocycles. The van der Waals surface area contributed by atoms with Gasteiger partial charge in [0.1, 0.15) is 5.69 Å². The van der Waals surface area contributed by atoms with Crippen LogP contribution in [0.4, 0.5) is 5.69 Å². The number of morpholine rings is 1. The minimum atomic E-state index is -0.0746. The van der Waals surface area contributed by atoms with Crippen LogP contribution in [0.15, 0.2) is 30.5 Å². The van der Waals surface area contributed by atoms with Crippen LogP contribution in [-0.4, -0.2) is 41.6 Å². The fourth-order valence-corrected chi connectivity index (χ4v) is 4.24. The lowest BCUT2D eigenvalue weighted by molar-refractivity contribution is 0.0944. The highest BCUT2D eigenvalue weighted by molar-refractivity contribution is 7.17. The Bertz CT molecular complexity index is 939. The Hall–Kier alpha value is -2.38. The van der Waals surface area contributed by atoms with Gasteiger partial charge in [-0.1, -0.05) is 19.1 Å². The quantitative estimate of drug-likeness (QED) is 0.735. The van der Waals surface area contributed by atoms with Crippen molar-refractivity contribution in [2.24, 2.45) is 0 Å². The van der Waals surface area contributed by atoms with Gasteiger partial charge in [-0.15, -0.1) is 11.3 Å². The van der Waals surface area contributed by atoms with E-state index in [1.807, 2.05) is 24.4 Å². The zero-order valence-corrected chi connectivity index (χ0v) is 16.5. The number of aromatic nitrogens is 2. The van der Waals surface area contributed by atoms with E-state index in [2.05, 4.69) is 39.5 Å². The predicted octanol–water partition coefficient (Wildman–Crippen LogP) is 3.03. The number of fused-ring (bicyclic) bond motifs is 1. The van der Waals surface area contributed by atoms with Crippen molar-refractivity contribution in [1.29, 1.82) is 0 Å². The summed E-state index contributed by atoms with van der Waals surface area (Å²) in [6.45, 7) is 7.96. The number of imidazole rings is 1. The summed E-state index contributed by atoms with van der Waals surface area (Å²) in [5.41, 5.74) is 3.79. The first kappa shape index (κ1) is 18.0. The normalized spacial score (nSPS) is 14.7. The summed E-state index contributed by atoms with van der Waals surface area (Å²) in [5.74, 6) is -0.0746. The molecule has 3 heterocycles. The summed E-state index contributed by atoms with van der Waals surface area (Å²) in [5, 5.41) is 3.05. The number of carbonyl (C=O) groups is 1. The molecular weight excluding hydrogens is 360 g/mol. The first-order valence-corrected chi connectivity index (χ1v) is 10.1. The minimum absolute atomic E-state index is 0.0746. The Labute approximate surface area is 162 Å². The van der Waals surface area contributed by atoms with Gasteiger partial charge in [0.25, 0.3) is 5.91 Å². The van der Waals surface area contributed by atoms with Gasteiger partial charge in [-0.3, -0.25) is 9.20 Å². The maximum atomic E-state index is 12.8. The molecule has 0 spiro atoms. The largest absolute Gasteiger partial charge is 0.378 e. The second kappa shape index (κ2) is 7.70. The van der Waals surface area contributed by atoms with Crippen LogP contribution in [0.3, 0.4) is 0 Å². The van der Waals surface area contributed by atoms with E-state index in [1.54, 1.807) is 11.3 Å². The molecule has 142 valence electrons. The Morgan fingerprint density at radius 3 is 2.70 bits per heavy atom. The van der Waals surface area contributed by atoms with E-state index in [-0.39, 0.29) is 5.91 Å². The summed E-state index contributed by atoms with van der Waals surface area (Å²) in [6.07, 6.45) is 2.72. The number of aryl methyl sites for hydroxylation is 2. The van der Waals surface area contributed by atoms with E-state index in [0.29, 0.717) is 12.2 Å². The summed E-state index contributed by atoms with van der Waals surface area (Å²) in [7, 11) is 0. The SMILES string of the molecule is CCc1nc2sc(C)cn2c1C(=O)NCc1ccc(N2CCOCC2)cc1. The number of amides is 1. The van der Waals surface area contributed by atoms with E-state index in [4.69, 9.17) is 4.74 Å². The van der Waals surface area contributed by atoms with Crippen molar-refractivity contribution in [2.75, 3.05) is 31.2 Å². The number of anilines is 1. The van der Waals surface area contributed by atoms with E-state index in [0.717, 1.165) is 53.8 Å². The van der Waals surface area contributed by atoms with E-state index < -0.39 is 0 Å². The van der Waals surface area contributed by atoms with Crippen LogP contribution < -0.4 is 10.2 Å². The number of ether oxygens (including phenoxy) is 1. The molecule has 4 rings (SSSR count). The van der Waals surface area contributed by atoms with Crippen molar-refractivity contribution < 1.29 is 9.53 Å². The molecule has 0 unspecified atom stereocenters. The molecule has 1 fully saturated rings. The third-order valence-corrected chi connectivity index (χ3v) is 5.73. The van der Waals surface area contributed by atoms with Crippen molar-refractivity contribution in [3.63, 3.8) is 0 Å². The van der Waals surface area contributed by atoms with Gasteiger partial charge in [0, 0.05) is 36.4 Å². The highest BCUT2D eigenvalue weighted by Gasteiger charge is 2.19. The van der Waals surface area contributed by atoms with Crippen molar-refractivity contribution in [2.45, 2.75) is 26.8 Å². The molecule has 1 aliphatic rings. The highest BCUT2D eigenvalue weighted by atomic mass is 32.1. The zero-order chi connectivity index (χ0) is 18.8. The molecule has 0 aliphatic carbocycles. The second-order valence-electron chi connectivity index (χ2n) is 6.70. The molecule has 0 radical (unpaired) electrons. The molecule has 1 amide bonds. The molecule has 0 saturated carbocycles. The van der Waals surface area contributed by atoms with Gasteiger partial charge in [-0.2, -0.15) is 0 Å². The molecule has 7 heteroatoms. The first-order chi connectivity index (χ1) is 13.2. The van der Waals surface area contributed by atoms with Crippen LogP contribution >= 0.6 is 11.3 Å². The van der Waals surface area contributed by atoms with Crippen LogP contribution in [0.5, 0.6) is 0 Å². The third-order valence-electron chi connectivity index (χ3n) is 4.83. The fraction of sp³-hybridized carbons (Fsp3) is 0.400. The van der Waals surface area contributed by atoms with Gasteiger partial charge in [0.2, 0.25) is 0 Å². The van der Waals surface area contributed by atoms with Gasteiger partial charge in [0.05, 0.1) is 18.9 Å². The number of benzene rings is 1. The Morgan fingerprint density at radius 2 is 2.00 bits per heavy atom. The number of hydrogen-bond acceptors (Lipinski definition) is 5. The summed E-state index contributed by atoms with van der Waals surface area (Å²) >= 11 is 1.61. The fourth-order valence-electron chi connectivity index (χ4n) is 3.40. The molecule has 0 atom stereocenters. The Kier molecular flexibility index (Phi) is 5.13. The molecule has 2 aromatic heterocycles. The number of hydrogen-bond donors (Lipinski definition) is 1. The minimum Gasteiger partial charge on any atom is -0.378 e. The first-order valence-electron chi connectivity index (χ1n) is 9.33. The lowest BCUT2D eigenvalue weighted by Gasteiger charge is -2.28. The van der Waals surface area contributed by atoms with Crippen molar-refractivity contribution >= 4 is 27.9 Å². The number of rotatable bonds is 5. The Morgan fingerprint density at radius 1 is 1.26 bits per heavy atom. The maximum absolute atomic E-state index is 12.8. The maximum Gasteiger partial charge on any atom is 0.270 e. The van der Waals surface area contributed by atoms with Crippen molar-refractivity contribution in [3.8, 4) is 0 Å². The molecule has 27 heavy (non-hydrogen) atoms. The van der Waals surface area contributed by atoms with Gasteiger partial charge in [-0.25, -0.2) is 4.98 Å². The predicted molar refractivity (Wildman–Crippen MR) is 108 cm³/mol. The van der Waals surface area contributed by atoms with Gasteiger partial charge >= 0.3 is 0 Å². The Balaban J connectivity index is 1.45. The molecule has 6 nitrogen and oxygen atoms in total. The monoisotopic (exact) mass is 384 g/mol. The number of carbonyl (C=O) groups excluding carboxylic acids is 1. The number of thiazole rings is 1. The lowest BCUT2D eigenvalue weighted by Crippen LogP contribution is -2.36. The zero-order valence-electron chi connectivity index (χ0n) is 15.7. The molecule has 3 aromatic rings. The molecule has 1 saturated heterocycles. The molecule has 1 N–H and O–H groups in total. The highest BCUT2D eigenvalue weighted by Crippen LogP contribution is 2.22. The van der Waals surface area contributed by atoms with E-state index in [1.165, 1.54) is 5.69 Å². The summed E-state index contributed by atoms with van der Waals surface area (Å²) < 4.78 is 7.31. The van der Waals surface area contributed by atoms with Crippen LogP contribution in [0.1, 0.15) is 33.5 Å². The van der Waals surface area contributed by atoms with Gasteiger partial charge < -0.3 is 15.0 Å². The number of nitrogens with zero attached hydrogens (tertiary/aromatic N) is 3. The van der Waals surface area contributed by atoms with Gasteiger partial charge in [-0.05, 0) is 31.0 Å². The summed E-state index contributed by atoms with van der Waals surface area (Å²) in [4.78, 5) is 21.7. The van der Waals surface area contributed by atoms with Gasteiger partial charge in [0.15, 0.2) is 4.96 Å². The van der Waals surface area contributed by atoms with Crippen LogP contribution in [0.2, 0.25) is 0 Å². The van der Waals surface area contributed by atoms with Crippen LogP contribution in [-0.2, 0) is 17.7 Å². The number of nitrogens with one attached hydrogen (secondary N) is 1. The average molecular weight is 385 g/mol. The molecule has 1 aromatic carbocycles. The van der Waals surface area contributed by atoms with E-state index in [9.17, 15) is 4.79 Å². The second-order valence-corrected chi connectivity index (χ2v) is 7.92. The van der Waals surface area contributed by atoms with Crippen molar-refractivity contribution in [1.82, 2.24) is 14.7 Å². The van der Waals surface area contributed by atoms with Crippen molar-refractivity contribution in [3.05, 3.63) is 52.3 Å². The molecule has 0 bridgehead atoms.